The van der Waals surface area contributed by atoms with Crippen LogP contribution in [0.25, 0.3) is 10.9 Å². The summed E-state index contributed by atoms with van der Waals surface area (Å²) in [6, 6.07) is 9.95. The monoisotopic (exact) mass is 328 g/mol. The van der Waals surface area contributed by atoms with Crippen molar-refractivity contribution in [1.82, 2.24) is 9.88 Å². The maximum Gasteiger partial charge on any atom is 0.303 e. The Balaban J connectivity index is 1.62. The zero-order valence-electron chi connectivity index (χ0n) is 13.8. The molecule has 0 bridgehead atoms. The van der Waals surface area contributed by atoms with E-state index in [0.717, 1.165) is 43.0 Å². The number of hydrogen-bond acceptors (Lipinski definition) is 2. The number of nitrogens with zero attached hydrogens (tertiary/aromatic N) is 1. The second kappa shape index (κ2) is 7.07. The number of nitrogens with one attached hydrogen (secondary N) is 1. The second-order valence-electron chi connectivity index (χ2n) is 6.91. The molecule has 0 aliphatic heterocycles. The summed E-state index contributed by atoms with van der Waals surface area (Å²) in [6.07, 6.45) is 7.07. The number of hydrogen-bond donors (Lipinski definition) is 2. The molecule has 2 N–H and O–H groups in total. The summed E-state index contributed by atoms with van der Waals surface area (Å²) >= 11 is 0. The van der Waals surface area contributed by atoms with Gasteiger partial charge in [-0.3, -0.25) is 9.59 Å². The standard InChI is InChI=1S/C19H24N2O3/c22-17(13-21-11-8-15-6-2-3-7-16(15)21)20-14-19(12-18(23)24)9-4-1-5-10-19/h2-3,6-8,11H,1,4-5,9-10,12-14H2,(H,20,22)(H,23,24). The molecule has 1 aromatic heterocycles. The van der Waals surface area contributed by atoms with Crippen LogP contribution in [0.15, 0.2) is 36.5 Å². The molecule has 5 heteroatoms. The van der Waals surface area contributed by atoms with Crippen LogP contribution in [0, 0.1) is 5.41 Å². The van der Waals surface area contributed by atoms with Crippen molar-refractivity contribution in [3.05, 3.63) is 36.5 Å². The van der Waals surface area contributed by atoms with Crippen molar-refractivity contribution in [2.75, 3.05) is 6.54 Å². The van der Waals surface area contributed by atoms with E-state index in [4.69, 9.17) is 0 Å². The molecule has 1 fully saturated rings. The van der Waals surface area contributed by atoms with E-state index in [1.54, 1.807) is 0 Å². The maximum absolute atomic E-state index is 12.3. The number of benzene rings is 1. The molecule has 0 spiro atoms. The summed E-state index contributed by atoms with van der Waals surface area (Å²) in [4.78, 5) is 23.5. The minimum absolute atomic E-state index is 0.0632. The third-order valence-electron chi connectivity index (χ3n) is 5.10. The number of aromatic nitrogens is 1. The van der Waals surface area contributed by atoms with E-state index in [2.05, 4.69) is 5.32 Å². The highest BCUT2D eigenvalue weighted by atomic mass is 16.4. The van der Waals surface area contributed by atoms with Gasteiger partial charge in [0.2, 0.25) is 5.91 Å². The molecule has 1 aromatic carbocycles. The lowest BCUT2D eigenvalue weighted by molar-refractivity contribution is -0.140. The molecule has 0 atom stereocenters. The van der Waals surface area contributed by atoms with Crippen molar-refractivity contribution < 1.29 is 14.7 Å². The number of fused-ring (bicyclic) bond motifs is 1. The van der Waals surface area contributed by atoms with Crippen LogP contribution in [0.4, 0.5) is 0 Å². The quantitative estimate of drug-likeness (QED) is 0.855. The number of para-hydroxylation sites is 1. The first-order valence-corrected chi connectivity index (χ1v) is 8.60. The summed E-state index contributed by atoms with van der Waals surface area (Å²) in [5.41, 5.74) is 0.754. The largest absolute Gasteiger partial charge is 0.481 e. The Hall–Kier alpha value is -2.30. The van der Waals surface area contributed by atoms with Crippen LogP contribution in [0.3, 0.4) is 0 Å². The first-order chi connectivity index (χ1) is 11.6. The lowest BCUT2D eigenvalue weighted by Crippen LogP contribution is -2.41. The Morgan fingerprint density at radius 3 is 2.62 bits per heavy atom. The predicted octanol–water partition coefficient (Wildman–Crippen LogP) is 3.18. The fourth-order valence-corrected chi connectivity index (χ4v) is 3.81. The lowest BCUT2D eigenvalue weighted by atomic mass is 9.71. The normalized spacial score (nSPS) is 16.8. The summed E-state index contributed by atoms with van der Waals surface area (Å²) in [5.74, 6) is -0.839. The fourth-order valence-electron chi connectivity index (χ4n) is 3.81. The van der Waals surface area contributed by atoms with Crippen molar-refractivity contribution in [1.29, 1.82) is 0 Å². The lowest BCUT2D eigenvalue weighted by Gasteiger charge is -2.36. The third kappa shape index (κ3) is 3.78. The maximum atomic E-state index is 12.3. The molecule has 3 rings (SSSR count). The number of amides is 1. The van der Waals surface area contributed by atoms with E-state index in [1.807, 2.05) is 41.1 Å². The highest BCUT2D eigenvalue weighted by Gasteiger charge is 2.34. The van der Waals surface area contributed by atoms with Gasteiger partial charge in [0.1, 0.15) is 6.54 Å². The smallest absolute Gasteiger partial charge is 0.303 e. The summed E-state index contributed by atoms with van der Waals surface area (Å²) < 4.78 is 1.93. The average Bonchev–Trinajstić information content (AvgIpc) is 2.97. The molecule has 1 aliphatic rings. The summed E-state index contributed by atoms with van der Waals surface area (Å²) in [5, 5.41) is 13.3. The molecule has 0 unspecified atom stereocenters. The molecule has 1 amide bonds. The van der Waals surface area contributed by atoms with Gasteiger partial charge in [0.15, 0.2) is 0 Å². The van der Waals surface area contributed by atoms with Crippen molar-refractivity contribution in [2.45, 2.75) is 45.1 Å². The molecule has 5 nitrogen and oxygen atoms in total. The van der Waals surface area contributed by atoms with E-state index in [9.17, 15) is 14.7 Å². The molecular weight excluding hydrogens is 304 g/mol. The number of aliphatic carboxylic acids is 1. The fraction of sp³-hybridized carbons (Fsp3) is 0.474. The number of rotatable bonds is 6. The first kappa shape index (κ1) is 16.6. The zero-order chi connectivity index (χ0) is 17.0. The highest BCUT2D eigenvalue weighted by molar-refractivity contribution is 5.83. The molecule has 128 valence electrons. The number of carbonyl (C=O) groups excluding carboxylic acids is 1. The van der Waals surface area contributed by atoms with Crippen LogP contribution in [0.2, 0.25) is 0 Å². The molecule has 0 radical (unpaired) electrons. The minimum atomic E-state index is -0.775. The number of carboxylic acids is 1. The van der Waals surface area contributed by atoms with Gasteiger partial charge in [-0.1, -0.05) is 37.5 Å². The van der Waals surface area contributed by atoms with Gasteiger partial charge >= 0.3 is 5.97 Å². The van der Waals surface area contributed by atoms with Gasteiger partial charge in [0.05, 0.1) is 6.42 Å². The summed E-state index contributed by atoms with van der Waals surface area (Å²) in [7, 11) is 0. The third-order valence-corrected chi connectivity index (χ3v) is 5.10. The van der Waals surface area contributed by atoms with Crippen molar-refractivity contribution in [3.63, 3.8) is 0 Å². The molecule has 1 heterocycles. The van der Waals surface area contributed by atoms with E-state index in [-0.39, 0.29) is 24.3 Å². The van der Waals surface area contributed by atoms with Crippen LogP contribution in [0.5, 0.6) is 0 Å². The Kier molecular flexibility index (Phi) is 4.88. The van der Waals surface area contributed by atoms with E-state index in [1.165, 1.54) is 0 Å². The topological polar surface area (TPSA) is 71.3 Å². The van der Waals surface area contributed by atoms with Crippen molar-refractivity contribution in [3.8, 4) is 0 Å². The molecule has 0 saturated heterocycles. The van der Waals surface area contributed by atoms with Gasteiger partial charge in [0, 0.05) is 18.3 Å². The van der Waals surface area contributed by atoms with Gasteiger partial charge in [-0.05, 0) is 35.8 Å². The van der Waals surface area contributed by atoms with Gasteiger partial charge < -0.3 is 15.0 Å². The molecule has 2 aromatic rings. The SMILES string of the molecule is O=C(O)CC1(CNC(=O)Cn2ccc3ccccc32)CCCCC1. The second-order valence-corrected chi connectivity index (χ2v) is 6.91. The van der Waals surface area contributed by atoms with Gasteiger partial charge in [-0.2, -0.15) is 0 Å². The van der Waals surface area contributed by atoms with Gasteiger partial charge in [0.25, 0.3) is 0 Å². The van der Waals surface area contributed by atoms with E-state index in [0.29, 0.717) is 6.54 Å². The van der Waals surface area contributed by atoms with Crippen LogP contribution in [-0.4, -0.2) is 28.1 Å². The van der Waals surface area contributed by atoms with Crippen LogP contribution < -0.4 is 5.32 Å². The van der Waals surface area contributed by atoms with E-state index >= 15 is 0 Å². The van der Waals surface area contributed by atoms with Crippen LogP contribution in [-0.2, 0) is 16.1 Å². The van der Waals surface area contributed by atoms with Crippen LogP contribution in [0.1, 0.15) is 38.5 Å². The van der Waals surface area contributed by atoms with E-state index < -0.39 is 5.97 Å². The van der Waals surface area contributed by atoms with Crippen molar-refractivity contribution >= 4 is 22.8 Å². The minimum Gasteiger partial charge on any atom is -0.481 e. The Bertz CT molecular complexity index is 729. The Morgan fingerprint density at radius 2 is 1.88 bits per heavy atom. The van der Waals surface area contributed by atoms with Gasteiger partial charge in [-0.15, -0.1) is 0 Å². The molecule has 24 heavy (non-hydrogen) atoms. The Labute approximate surface area is 141 Å². The Morgan fingerprint density at radius 1 is 1.12 bits per heavy atom. The molecule has 1 saturated carbocycles. The van der Waals surface area contributed by atoms with Crippen LogP contribution >= 0.6 is 0 Å². The number of carboxylic acid groups (broad SMARTS) is 1. The van der Waals surface area contributed by atoms with Crippen molar-refractivity contribution in [2.24, 2.45) is 5.41 Å². The van der Waals surface area contributed by atoms with Gasteiger partial charge in [-0.25, -0.2) is 0 Å². The zero-order valence-corrected chi connectivity index (χ0v) is 13.8. The summed E-state index contributed by atoms with van der Waals surface area (Å²) in [6.45, 7) is 0.716. The first-order valence-electron chi connectivity index (χ1n) is 8.60. The highest BCUT2D eigenvalue weighted by Crippen LogP contribution is 2.38. The average molecular weight is 328 g/mol. The molecule has 1 aliphatic carbocycles. The predicted molar refractivity (Wildman–Crippen MR) is 92.7 cm³/mol. The number of carbonyl (C=O) groups is 2. The molecular formula is C19H24N2O3.